The summed E-state index contributed by atoms with van der Waals surface area (Å²) in [5.41, 5.74) is 1.92. The van der Waals surface area contributed by atoms with Crippen molar-refractivity contribution in [1.29, 1.82) is 0 Å². The lowest BCUT2D eigenvalue weighted by Crippen LogP contribution is -2.18. The van der Waals surface area contributed by atoms with Crippen LogP contribution in [0.3, 0.4) is 0 Å². The van der Waals surface area contributed by atoms with Gasteiger partial charge in [-0.25, -0.2) is 4.98 Å². The number of imidazole rings is 1. The topological polar surface area (TPSA) is 39.1 Å². The number of methoxy groups -OCH3 is 1. The number of halogens is 1. The van der Waals surface area contributed by atoms with Gasteiger partial charge < -0.3 is 14.6 Å². The predicted molar refractivity (Wildman–Crippen MR) is 78.2 cm³/mol. The summed E-state index contributed by atoms with van der Waals surface area (Å²) in [6, 6.07) is 6.14. The second-order valence-electron chi connectivity index (χ2n) is 4.43. The summed E-state index contributed by atoms with van der Waals surface area (Å²) in [5, 5.41) is 4.16. The molecular weight excluding hydrogens is 262 g/mol. The Morgan fingerprint density at radius 3 is 3.00 bits per heavy atom. The zero-order valence-electron chi connectivity index (χ0n) is 11.1. The molecule has 5 heteroatoms. The van der Waals surface area contributed by atoms with Crippen molar-refractivity contribution in [2.75, 3.05) is 19.0 Å². The van der Waals surface area contributed by atoms with Gasteiger partial charge in [0.2, 0.25) is 0 Å². The fourth-order valence-corrected chi connectivity index (χ4v) is 2.19. The smallest absolute Gasteiger partial charge is 0.0992 e. The zero-order chi connectivity index (χ0) is 13.7. The van der Waals surface area contributed by atoms with Crippen molar-refractivity contribution in [3.05, 3.63) is 41.9 Å². The SMILES string of the molecule is COCCC(C)Nc1cccc(Cl)c1-n1ccnc1. The molecule has 2 rings (SSSR count). The minimum atomic E-state index is 0.306. The third-order valence-electron chi connectivity index (χ3n) is 2.91. The van der Waals surface area contributed by atoms with Crippen molar-refractivity contribution in [1.82, 2.24) is 9.55 Å². The summed E-state index contributed by atoms with van der Waals surface area (Å²) in [6.07, 6.45) is 6.30. The van der Waals surface area contributed by atoms with Gasteiger partial charge in [-0.1, -0.05) is 17.7 Å². The highest BCUT2D eigenvalue weighted by Gasteiger charge is 2.11. The van der Waals surface area contributed by atoms with Gasteiger partial charge in [0.1, 0.15) is 0 Å². The molecule has 0 radical (unpaired) electrons. The van der Waals surface area contributed by atoms with E-state index < -0.39 is 0 Å². The molecule has 1 aromatic carbocycles. The van der Waals surface area contributed by atoms with E-state index in [0.29, 0.717) is 11.1 Å². The van der Waals surface area contributed by atoms with Gasteiger partial charge in [0.25, 0.3) is 0 Å². The van der Waals surface area contributed by atoms with Crippen LogP contribution in [0, 0.1) is 0 Å². The highest BCUT2D eigenvalue weighted by atomic mass is 35.5. The monoisotopic (exact) mass is 279 g/mol. The first-order valence-electron chi connectivity index (χ1n) is 6.24. The first-order valence-corrected chi connectivity index (χ1v) is 6.62. The number of ether oxygens (including phenoxy) is 1. The minimum absolute atomic E-state index is 0.306. The molecule has 19 heavy (non-hydrogen) atoms. The lowest BCUT2D eigenvalue weighted by molar-refractivity contribution is 0.191. The van der Waals surface area contributed by atoms with E-state index in [4.69, 9.17) is 16.3 Å². The Kier molecular flexibility index (Phi) is 4.82. The fourth-order valence-electron chi connectivity index (χ4n) is 1.92. The first kappa shape index (κ1) is 13.9. The van der Waals surface area contributed by atoms with Gasteiger partial charge in [-0.3, -0.25) is 0 Å². The number of hydrogen-bond donors (Lipinski definition) is 1. The summed E-state index contributed by atoms with van der Waals surface area (Å²) in [5.74, 6) is 0. The molecule has 1 heterocycles. The van der Waals surface area contributed by atoms with Crippen LogP contribution in [0.25, 0.3) is 5.69 Å². The Balaban J connectivity index is 2.23. The lowest BCUT2D eigenvalue weighted by atomic mass is 10.2. The Bertz CT molecular complexity index is 513. The molecule has 1 atom stereocenters. The van der Waals surface area contributed by atoms with E-state index in [1.54, 1.807) is 19.6 Å². The fraction of sp³-hybridized carbons (Fsp3) is 0.357. The van der Waals surface area contributed by atoms with Crippen LogP contribution in [0.5, 0.6) is 0 Å². The van der Waals surface area contributed by atoms with Gasteiger partial charge in [-0.05, 0) is 25.5 Å². The quantitative estimate of drug-likeness (QED) is 0.881. The molecule has 0 aliphatic rings. The molecule has 0 aliphatic carbocycles. The van der Waals surface area contributed by atoms with Crippen LogP contribution in [-0.4, -0.2) is 29.3 Å². The molecule has 0 spiro atoms. The third kappa shape index (κ3) is 3.49. The van der Waals surface area contributed by atoms with Crippen LogP contribution in [0.1, 0.15) is 13.3 Å². The average Bonchev–Trinajstić information content (AvgIpc) is 2.90. The van der Waals surface area contributed by atoms with E-state index >= 15 is 0 Å². The Morgan fingerprint density at radius 2 is 2.32 bits per heavy atom. The van der Waals surface area contributed by atoms with Crippen molar-refractivity contribution >= 4 is 17.3 Å². The van der Waals surface area contributed by atoms with Gasteiger partial charge in [0, 0.05) is 32.2 Å². The Hall–Kier alpha value is -1.52. The summed E-state index contributed by atoms with van der Waals surface area (Å²) in [6.45, 7) is 2.85. The number of anilines is 1. The number of rotatable bonds is 6. The maximum Gasteiger partial charge on any atom is 0.0992 e. The van der Waals surface area contributed by atoms with Crippen molar-refractivity contribution in [3.8, 4) is 5.69 Å². The van der Waals surface area contributed by atoms with Crippen LogP contribution in [0.4, 0.5) is 5.69 Å². The van der Waals surface area contributed by atoms with E-state index in [-0.39, 0.29) is 0 Å². The zero-order valence-corrected chi connectivity index (χ0v) is 11.9. The van der Waals surface area contributed by atoms with Crippen LogP contribution < -0.4 is 5.32 Å². The Morgan fingerprint density at radius 1 is 1.47 bits per heavy atom. The minimum Gasteiger partial charge on any atom is -0.385 e. The van der Waals surface area contributed by atoms with Gasteiger partial charge in [0.15, 0.2) is 0 Å². The predicted octanol–water partition coefficient (Wildman–Crippen LogP) is 3.36. The van der Waals surface area contributed by atoms with Crippen molar-refractivity contribution < 1.29 is 4.74 Å². The van der Waals surface area contributed by atoms with E-state index in [1.807, 2.05) is 29.0 Å². The van der Waals surface area contributed by atoms with Crippen LogP contribution in [0.15, 0.2) is 36.9 Å². The molecule has 4 nitrogen and oxygen atoms in total. The van der Waals surface area contributed by atoms with E-state index in [9.17, 15) is 0 Å². The summed E-state index contributed by atoms with van der Waals surface area (Å²) >= 11 is 6.30. The molecular formula is C14H18ClN3O. The summed E-state index contributed by atoms with van der Waals surface area (Å²) < 4.78 is 7.01. The molecule has 1 N–H and O–H groups in total. The van der Waals surface area contributed by atoms with Crippen molar-refractivity contribution in [2.24, 2.45) is 0 Å². The average molecular weight is 280 g/mol. The van der Waals surface area contributed by atoms with Gasteiger partial charge in [-0.2, -0.15) is 0 Å². The normalized spacial score (nSPS) is 12.4. The second kappa shape index (κ2) is 6.59. The molecule has 0 saturated carbocycles. The molecule has 0 amide bonds. The molecule has 102 valence electrons. The number of nitrogens with zero attached hydrogens (tertiary/aromatic N) is 2. The van der Waals surface area contributed by atoms with E-state index in [1.165, 1.54) is 0 Å². The molecule has 0 bridgehead atoms. The highest BCUT2D eigenvalue weighted by molar-refractivity contribution is 6.33. The maximum absolute atomic E-state index is 6.30. The van der Waals surface area contributed by atoms with Crippen LogP contribution in [0.2, 0.25) is 5.02 Å². The molecule has 1 aromatic heterocycles. The first-order chi connectivity index (χ1) is 9.22. The van der Waals surface area contributed by atoms with Crippen LogP contribution >= 0.6 is 11.6 Å². The van der Waals surface area contributed by atoms with E-state index in [2.05, 4.69) is 17.2 Å². The van der Waals surface area contributed by atoms with Crippen molar-refractivity contribution in [2.45, 2.75) is 19.4 Å². The molecule has 1 unspecified atom stereocenters. The highest BCUT2D eigenvalue weighted by Crippen LogP contribution is 2.29. The standard InChI is InChI=1S/C14H18ClN3O/c1-11(6-9-19-2)17-13-5-3-4-12(15)14(13)18-8-7-16-10-18/h3-5,7-8,10-11,17H,6,9H2,1-2H3. The summed E-state index contributed by atoms with van der Waals surface area (Å²) in [4.78, 5) is 4.07. The number of aromatic nitrogens is 2. The molecule has 2 aromatic rings. The number of nitrogens with one attached hydrogen (secondary N) is 1. The van der Waals surface area contributed by atoms with Gasteiger partial charge in [0.05, 0.1) is 22.7 Å². The number of benzene rings is 1. The molecule has 0 fully saturated rings. The number of para-hydroxylation sites is 1. The van der Waals surface area contributed by atoms with E-state index in [0.717, 1.165) is 24.4 Å². The second-order valence-corrected chi connectivity index (χ2v) is 4.84. The van der Waals surface area contributed by atoms with Gasteiger partial charge in [-0.15, -0.1) is 0 Å². The maximum atomic E-state index is 6.30. The Labute approximate surface area is 118 Å². The summed E-state index contributed by atoms with van der Waals surface area (Å²) in [7, 11) is 1.71. The largest absolute Gasteiger partial charge is 0.385 e. The molecule has 0 saturated heterocycles. The van der Waals surface area contributed by atoms with Crippen LogP contribution in [-0.2, 0) is 4.74 Å². The van der Waals surface area contributed by atoms with Gasteiger partial charge >= 0.3 is 0 Å². The molecule has 0 aliphatic heterocycles. The lowest BCUT2D eigenvalue weighted by Gasteiger charge is -2.19. The van der Waals surface area contributed by atoms with Crippen molar-refractivity contribution in [3.63, 3.8) is 0 Å². The number of hydrogen-bond acceptors (Lipinski definition) is 3. The third-order valence-corrected chi connectivity index (χ3v) is 3.21.